The molecule has 36 heavy (non-hydrogen) atoms. The zero-order chi connectivity index (χ0) is 25.6. The smallest absolute Gasteiger partial charge is 0.208 e. The molecule has 4 aliphatic carbocycles. The van der Waals surface area contributed by atoms with Crippen LogP contribution in [0.1, 0.15) is 91.9 Å². The molecule has 0 aromatic heterocycles. The summed E-state index contributed by atoms with van der Waals surface area (Å²) in [4.78, 5) is 0. The van der Waals surface area contributed by atoms with E-state index in [1.807, 2.05) is 0 Å². The molecule has 7 heteroatoms. The maximum atomic E-state index is 11.9. The van der Waals surface area contributed by atoms with Gasteiger partial charge in [-0.2, -0.15) is 5.06 Å². The van der Waals surface area contributed by atoms with Crippen molar-refractivity contribution in [2.75, 3.05) is 12.8 Å². The largest absolute Gasteiger partial charge is 0.369 e. The number of piperidine rings is 1. The molecule has 1 spiro atoms. The van der Waals surface area contributed by atoms with Crippen molar-refractivity contribution in [2.24, 2.45) is 40.9 Å². The maximum absolute atomic E-state index is 11.9. The summed E-state index contributed by atoms with van der Waals surface area (Å²) in [5.41, 5.74) is 3.51. The van der Waals surface area contributed by atoms with Gasteiger partial charge in [0.2, 0.25) is 10.0 Å². The number of hydroxylamine groups is 2. The first-order valence-corrected chi connectivity index (χ1v) is 16.6. The van der Waals surface area contributed by atoms with E-state index in [0.29, 0.717) is 29.1 Å². The number of nitrogens with zero attached hydrogens (tertiary/aromatic N) is 1. The Kier molecular flexibility index (Phi) is 6.28. The summed E-state index contributed by atoms with van der Waals surface area (Å²) in [6.07, 6.45) is 12.7. The molecule has 2 saturated heterocycles. The fourth-order valence-corrected chi connectivity index (χ4v) is 11.3. The molecule has 0 bridgehead atoms. The molecule has 11 atom stereocenters. The lowest BCUT2D eigenvalue weighted by Crippen LogP contribution is -2.50. The molecular weight excluding hydrogens is 472 g/mol. The van der Waals surface area contributed by atoms with Gasteiger partial charge in [-0.15, -0.1) is 0 Å². The molecule has 6 aliphatic rings. The molecule has 6 rings (SSSR count). The van der Waals surface area contributed by atoms with Crippen LogP contribution < -0.4 is 4.72 Å². The molecule has 2 aliphatic heterocycles. The Hall–Kier alpha value is -0.470. The number of allylic oxidation sites excluding steroid dienone is 1. The SMILES string of the molecule is CC1=C2C[C@H]3[C@@H](CC[C@@H]4C[C@H](NS(C)(=O)=O)CC[C@@]43C)[C@@H]2CC[C@@]2(C1)O[C@@H]1C[C@H](C)CN(O)[C@H]1[C@H]2C. The molecule has 0 amide bonds. The zero-order valence-corrected chi connectivity index (χ0v) is 23.8. The van der Waals surface area contributed by atoms with Gasteiger partial charge in [0.15, 0.2) is 0 Å². The van der Waals surface area contributed by atoms with Crippen molar-refractivity contribution in [1.82, 2.24) is 9.79 Å². The van der Waals surface area contributed by atoms with Crippen LogP contribution in [-0.4, -0.2) is 55.3 Å². The normalized spacial score (nSPS) is 51.4. The summed E-state index contributed by atoms with van der Waals surface area (Å²) in [7, 11) is -3.15. The number of nitrogens with one attached hydrogen (secondary N) is 1. The molecule has 3 saturated carbocycles. The lowest BCUT2D eigenvalue weighted by Gasteiger charge is -2.54. The Morgan fingerprint density at radius 1 is 1.11 bits per heavy atom. The van der Waals surface area contributed by atoms with Crippen LogP contribution in [-0.2, 0) is 14.8 Å². The van der Waals surface area contributed by atoms with Crippen LogP contribution in [0.5, 0.6) is 0 Å². The van der Waals surface area contributed by atoms with Gasteiger partial charge in [0.05, 0.1) is 24.0 Å². The lowest BCUT2D eigenvalue weighted by molar-refractivity contribution is -0.178. The molecule has 2 heterocycles. The van der Waals surface area contributed by atoms with Gasteiger partial charge < -0.3 is 9.94 Å². The van der Waals surface area contributed by atoms with Crippen molar-refractivity contribution in [3.63, 3.8) is 0 Å². The average molecular weight is 521 g/mol. The minimum Gasteiger partial charge on any atom is -0.369 e. The Morgan fingerprint density at radius 2 is 1.89 bits per heavy atom. The number of hydrogen-bond donors (Lipinski definition) is 2. The summed E-state index contributed by atoms with van der Waals surface area (Å²) in [5, 5.41) is 12.4. The van der Waals surface area contributed by atoms with E-state index < -0.39 is 10.0 Å². The van der Waals surface area contributed by atoms with Crippen LogP contribution in [0.4, 0.5) is 0 Å². The Morgan fingerprint density at radius 3 is 2.64 bits per heavy atom. The van der Waals surface area contributed by atoms with Crippen molar-refractivity contribution in [2.45, 2.75) is 116 Å². The molecule has 0 unspecified atom stereocenters. The van der Waals surface area contributed by atoms with E-state index in [-0.39, 0.29) is 23.8 Å². The van der Waals surface area contributed by atoms with Crippen LogP contribution in [0.15, 0.2) is 11.1 Å². The van der Waals surface area contributed by atoms with Crippen LogP contribution in [0.25, 0.3) is 0 Å². The predicted molar refractivity (Wildman–Crippen MR) is 141 cm³/mol. The second-order valence-corrected chi connectivity index (χ2v) is 16.0. The third-order valence-electron chi connectivity index (χ3n) is 12.1. The first kappa shape index (κ1) is 25.8. The first-order valence-electron chi connectivity index (χ1n) is 14.7. The van der Waals surface area contributed by atoms with E-state index in [1.165, 1.54) is 31.9 Å². The van der Waals surface area contributed by atoms with Crippen LogP contribution in [0, 0.1) is 40.9 Å². The highest BCUT2D eigenvalue weighted by molar-refractivity contribution is 7.88. The monoisotopic (exact) mass is 520 g/mol. The van der Waals surface area contributed by atoms with Gasteiger partial charge in [-0.25, -0.2) is 13.1 Å². The van der Waals surface area contributed by atoms with Crippen molar-refractivity contribution >= 4 is 10.0 Å². The molecule has 0 radical (unpaired) electrons. The van der Waals surface area contributed by atoms with Gasteiger partial charge >= 0.3 is 0 Å². The quantitative estimate of drug-likeness (QED) is 0.494. The number of fused-ring (bicyclic) bond motifs is 6. The topological polar surface area (TPSA) is 78.9 Å². The molecule has 0 aromatic carbocycles. The van der Waals surface area contributed by atoms with Crippen molar-refractivity contribution in [3.05, 3.63) is 11.1 Å². The Labute approximate surface area is 218 Å². The fourth-order valence-electron chi connectivity index (χ4n) is 10.4. The molecular formula is C29H48N2O4S. The Bertz CT molecular complexity index is 1030. The Balaban J connectivity index is 1.23. The molecule has 204 valence electrons. The lowest BCUT2D eigenvalue weighted by atomic mass is 9.52. The van der Waals surface area contributed by atoms with E-state index in [2.05, 4.69) is 32.4 Å². The third kappa shape index (κ3) is 4.06. The van der Waals surface area contributed by atoms with Crippen LogP contribution in [0.2, 0.25) is 0 Å². The highest BCUT2D eigenvalue weighted by Gasteiger charge is 2.60. The number of hydrogen-bond acceptors (Lipinski definition) is 5. The second kappa shape index (κ2) is 8.77. The van der Waals surface area contributed by atoms with Gasteiger partial charge in [-0.1, -0.05) is 31.9 Å². The van der Waals surface area contributed by atoms with Crippen molar-refractivity contribution in [3.8, 4) is 0 Å². The summed E-state index contributed by atoms with van der Waals surface area (Å²) in [6, 6.07) is 0.246. The van der Waals surface area contributed by atoms with E-state index in [1.54, 1.807) is 16.2 Å². The van der Waals surface area contributed by atoms with Gasteiger partial charge in [0.25, 0.3) is 0 Å². The van der Waals surface area contributed by atoms with E-state index in [9.17, 15) is 13.6 Å². The third-order valence-corrected chi connectivity index (χ3v) is 12.9. The second-order valence-electron chi connectivity index (χ2n) is 14.2. The van der Waals surface area contributed by atoms with E-state index >= 15 is 0 Å². The minimum absolute atomic E-state index is 0.112. The minimum atomic E-state index is -3.15. The standard InChI is InChI=1S/C29H48N2O4S/c1-17-12-26-27(31(32)16-17)19(3)29(35-26)11-9-22-23-7-6-20-13-21(30-36(5,33)34)8-10-28(20,4)25(23)14-24(22)18(2)15-29/h17,19-23,25-27,30,32H,6-16H2,1-5H3/t17-,19+,20+,21+,22-,23-,25-,26+,27-,28-,29-/m0/s1. The van der Waals surface area contributed by atoms with Crippen molar-refractivity contribution in [1.29, 1.82) is 0 Å². The number of sulfonamides is 1. The molecule has 5 fully saturated rings. The molecule has 0 aromatic rings. The average Bonchev–Trinajstić information content (AvgIpc) is 3.23. The molecule has 6 nitrogen and oxygen atoms in total. The van der Waals surface area contributed by atoms with E-state index in [0.717, 1.165) is 56.9 Å². The first-order chi connectivity index (χ1) is 16.9. The van der Waals surface area contributed by atoms with Gasteiger partial charge in [0, 0.05) is 18.5 Å². The summed E-state index contributed by atoms with van der Waals surface area (Å²) in [5.74, 6) is 3.62. The number of rotatable bonds is 2. The van der Waals surface area contributed by atoms with Crippen LogP contribution in [0.3, 0.4) is 0 Å². The predicted octanol–water partition coefficient (Wildman–Crippen LogP) is 5.13. The fraction of sp³-hybridized carbons (Fsp3) is 0.931. The summed E-state index contributed by atoms with van der Waals surface area (Å²) >= 11 is 0. The maximum Gasteiger partial charge on any atom is 0.208 e. The molecule has 2 N–H and O–H groups in total. The van der Waals surface area contributed by atoms with Gasteiger partial charge in [-0.3, -0.25) is 0 Å². The van der Waals surface area contributed by atoms with Gasteiger partial charge in [-0.05, 0) is 106 Å². The summed E-state index contributed by atoms with van der Waals surface area (Å²) < 4.78 is 33.6. The van der Waals surface area contributed by atoms with Crippen molar-refractivity contribution < 1.29 is 18.4 Å². The zero-order valence-electron chi connectivity index (χ0n) is 23.0. The highest BCUT2D eigenvalue weighted by Crippen LogP contribution is 2.65. The van der Waals surface area contributed by atoms with Crippen LogP contribution >= 0.6 is 0 Å². The van der Waals surface area contributed by atoms with Gasteiger partial charge in [0.1, 0.15) is 0 Å². The summed E-state index contributed by atoms with van der Waals surface area (Å²) in [6.45, 7) is 10.2. The highest BCUT2D eigenvalue weighted by atomic mass is 32.2. The number of ether oxygens (including phenoxy) is 1. The van der Waals surface area contributed by atoms with E-state index in [4.69, 9.17) is 4.74 Å².